The third-order valence-corrected chi connectivity index (χ3v) is 2.88. The zero-order valence-electron chi connectivity index (χ0n) is 8.68. The van der Waals surface area contributed by atoms with E-state index in [1.807, 2.05) is 0 Å². The molecule has 0 unspecified atom stereocenters. The van der Waals surface area contributed by atoms with Crippen LogP contribution in [0.15, 0.2) is 36.4 Å². The first kappa shape index (κ1) is 12.0. The molecule has 0 aliphatic rings. The van der Waals surface area contributed by atoms with Gasteiger partial charge in [0.25, 0.3) is 0 Å². The van der Waals surface area contributed by atoms with Crippen molar-refractivity contribution in [2.24, 2.45) is 0 Å². The summed E-state index contributed by atoms with van der Waals surface area (Å²) in [5.41, 5.74) is 7.18. The van der Waals surface area contributed by atoms with Gasteiger partial charge in [0.1, 0.15) is 5.82 Å². The van der Waals surface area contributed by atoms with Crippen LogP contribution in [0.4, 0.5) is 21.5 Å². The van der Waals surface area contributed by atoms with Crippen LogP contribution in [0.5, 0.6) is 0 Å². The number of hydrogen-bond acceptors (Lipinski definition) is 2. The van der Waals surface area contributed by atoms with Gasteiger partial charge in [-0.25, -0.2) is 4.39 Å². The molecular formula is C12H9Cl2FN2. The van der Waals surface area contributed by atoms with Gasteiger partial charge in [-0.2, -0.15) is 0 Å². The smallest absolute Gasteiger partial charge is 0.125 e. The van der Waals surface area contributed by atoms with E-state index in [0.717, 1.165) is 0 Å². The van der Waals surface area contributed by atoms with E-state index < -0.39 is 0 Å². The molecule has 2 aromatic rings. The minimum atomic E-state index is -0.387. The van der Waals surface area contributed by atoms with Gasteiger partial charge in [-0.05, 0) is 30.3 Å². The van der Waals surface area contributed by atoms with Gasteiger partial charge in [0.2, 0.25) is 0 Å². The number of hydrogen-bond donors (Lipinski definition) is 2. The van der Waals surface area contributed by atoms with Crippen molar-refractivity contribution < 1.29 is 4.39 Å². The molecule has 0 heterocycles. The Bertz CT molecular complexity index is 538. The minimum absolute atomic E-state index is 0.387. The summed E-state index contributed by atoms with van der Waals surface area (Å²) in [6.45, 7) is 0. The number of nitrogens with one attached hydrogen (secondary N) is 1. The summed E-state index contributed by atoms with van der Waals surface area (Å²) in [6, 6.07) is 9.14. The monoisotopic (exact) mass is 270 g/mol. The van der Waals surface area contributed by atoms with Crippen molar-refractivity contribution in [3.63, 3.8) is 0 Å². The Hall–Kier alpha value is -1.45. The molecule has 2 aromatic carbocycles. The molecule has 88 valence electrons. The molecule has 0 bridgehead atoms. The van der Waals surface area contributed by atoms with Crippen LogP contribution >= 0.6 is 23.2 Å². The SMILES string of the molecule is Nc1cccc(Cl)c1Nc1cc(F)ccc1Cl. The molecular weight excluding hydrogens is 262 g/mol. The fourth-order valence-electron chi connectivity index (χ4n) is 1.40. The maximum absolute atomic E-state index is 13.1. The van der Waals surface area contributed by atoms with Crippen molar-refractivity contribution in [2.45, 2.75) is 0 Å². The molecule has 5 heteroatoms. The highest BCUT2D eigenvalue weighted by Gasteiger charge is 2.08. The van der Waals surface area contributed by atoms with E-state index in [9.17, 15) is 4.39 Å². The molecule has 0 atom stereocenters. The third kappa shape index (κ3) is 2.62. The molecule has 3 N–H and O–H groups in total. The fourth-order valence-corrected chi connectivity index (χ4v) is 1.79. The maximum Gasteiger partial charge on any atom is 0.125 e. The van der Waals surface area contributed by atoms with Gasteiger partial charge in [0, 0.05) is 0 Å². The van der Waals surface area contributed by atoms with Crippen molar-refractivity contribution in [3.05, 3.63) is 52.3 Å². The summed E-state index contributed by atoms with van der Waals surface area (Å²) in [5, 5.41) is 3.76. The Morgan fingerprint density at radius 1 is 1.06 bits per heavy atom. The highest BCUT2D eigenvalue weighted by atomic mass is 35.5. The predicted molar refractivity (Wildman–Crippen MR) is 70.6 cm³/mol. The Kier molecular flexibility index (Phi) is 3.41. The van der Waals surface area contributed by atoms with Crippen LogP contribution in [0.2, 0.25) is 10.0 Å². The summed E-state index contributed by atoms with van der Waals surface area (Å²) < 4.78 is 13.1. The second-order valence-corrected chi connectivity index (χ2v) is 4.27. The van der Waals surface area contributed by atoms with Gasteiger partial charge in [0.05, 0.1) is 27.1 Å². The van der Waals surface area contributed by atoms with E-state index in [-0.39, 0.29) is 5.82 Å². The van der Waals surface area contributed by atoms with Crippen LogP contribution in [0.3, 0.4) is 0 Å². The standard InChI is InChI=1S/C12H9Cl2FN2/c13-8-5-4-7(15)6-11(8)17-12-9(14)2-1-3-10(12)16/h1-6,17H,16H2. The lowest BCUT2D eigenvalue weighted by Gasteiger charge is -2.12. The molecule has 0 amide bonds. The van der Waals surface area contributed by atoms with E-state index in [1.165, 1.54) is 18.2 Å². The molecule has 0 spiro atoms. The zero-order valence-corrected chi connectivity index (χ0v) is 10.2. The number of nitrogen functional groups attached to an aromatic ring is 1. The van der Waals surface area contributed by atoms with E-state index in [0.29, 0.717) is 27.1 Å². The van der Waals surface area contributed by atoms with Gasteiger partial charge in [-0.15, -0.1) is 0 Å². The summed E-state index contributed by atoms with van der Waals surface area (Å²) >= 11 is 11.9. The number of anilines is 3. The van der Waals surface area contributed by atoms with Crippen molar-refractivity contribution in [1.82, 2.24) is 0 Å². The molecule has 17 heavy (non-hydrogen) atoms. The van der Waals surface area contributed by atoms with Gasteiger partial charge in [0.15, 0.2) is 0 Å². The van der Waals surface area contributed by atoms with Gasteiger partial charge < -0.3 is 11.1 Å². The Morgan fingerprint density at radius 2 is 1.82 bits per heavy atom. The lowest BCUT2D eigenvalue weighted by Crippen LogP contribution is -1.98. The molecule has 0 radical (unpaired) electrons. The fraction of sp³-hybridized carbons (Fsp3) is 0. The second kappa shape index (κ2) is 4.82. The van der Waals surface area contributed by atoms with Crippen LogP contribution in [0.1, 0.15) is 0 Å². The average molecular weight is 271 g/mol. The van der Waals surface area contributed by atoms with E-state index in [4.69, 9.17) is 28.9 Å². The van der Waals surface area contributed by atoms with Gasteiger partial charge in [-0.1, -0.05) is 29.3 Å². The first-order valence-electron chi connectivity index (χ1n) is 4.84. The Labute approximate surface area is 108 Å². The molecule has 0 aliphatic heterocycles. The lowest BCUT2D eigenvalue weighted by molar-refractivity contribution is 0.628. The first-order chi connectivity index (χ1) is 8.08. The molecule has 0 aliphatic carbocycles. The largest absolute Gasteiger partial charge is 0.397 e. The summed E-state index contributed by atoms with van der Waals surface area (Å²) in [4.78, 5) is 0. The normalized spacial score (nSPS) is 10.3. The lowest BCUT2D eigenvalue weighted by atomic mass is 10.2. The van der Waals surface area contributed by atoms with Crippen molar-refractivity contribution in [1.29, 1.82) is 0 Å². The molecule has 0 saturated carbocycles. The minimum Gasteiger partial charge on any atom is -0.397 e. The number of para-hydroxylation sites is 1. The predicted octanol–water partition coefficient (Wildman–Crippen LogP) is 4.46. The van der Waals surface area contributed by atoms with E-state index in [1.54, 1.807) is 18.2 Å². The molecule has 0 aromatic heterocycles. The second-order valence-electron chi connectivity index (χ2n) is 3.45. The number of nitrogens with two attached hydrogens (primary N) is 1. The van der Waals surface area contributed by atoms with Crippen LogP contribution in [0, 0.1) is 5.82 Å². The Balaban J connectivity index is 2.41. The Morgan fingerprint density at radius 3 is 2.53 bits per heavy atom. The number of halogens is 3. The van der Waals surface area contributed by atoms with Crippen LogP contribution in [-0.4, -0.2) is 0 Å². The third-order valence-electron chi connectivity index (χ3n) is 2.23. The van der Waals surface area contributed by atoms with E-state index in [2.05, 4.69) is 5.32 Å². The van der Waals surface area contributed by atoms with Gasteiger partial charge in [-0.3, -0.25) is 0 Å². The summed E-state index contributed by atoms with van der Waals surface area (Å²) in [5.74, 6) is -0.387. The van der Waals surface area contributed by atoms with Crippen molar-refractivity contribution in [3.8, 4) is 0 Å². The van der Waals surface area contributed by atoms with E-state index >= 15 is 0 Å². The quantitative estimate of drug-likeness (QED) is 0.791. The maximum atomic E-state index is 13.1. The highest BCUT2D eigenvalue weighted by Crippen LogP contribution is 2.33. The summed E-state index contributed by atoms with van der Waals surface area (Å²) in [7, 11) is 0. The number of benzene rings is 2. The molecule has 0 fully saturated rings. The van der Waals surface area contributed by atoms with Gasteiger partial charge >= 0.3 is 0 Å². The average Bonchev–Trinajstić information content (AvgIpc) is 2.28. The molecule has 0 saturated heterocycles. The topological polar surface area (TPSA) is 38.0 Å². The first-order valence-corrected chi connectivity index (χ1v) is 5.59. The van der Waals surface area contributed by atoms with Crippen LogP contribution in [0.25, 0.3) is 0 Å². The molecule has 2 nitrogen and oxygen atoms in total. The number of rotatable bonds is 2. The molecule has 2 rings (SSSR count). The van der Waals surface area contributed by atoms with Crippen molar-refractivity contribution in [2.75, 3.05) is 11.1 Å². The van der Waals surface area contributed by atoms with Crippen LogP contribution in [-0.2, 0) is 0 Å². The highest BCUT2D eigenvalue weighted by molar-refractivity contribution is 6.35. The van der Waals surface area contributed by atoms with Crippen molar-refractivity contribution >= 4 is 40.3 Å². The zero-order chi connectivity index (χ0) is 12.4. The van der Waals surface area contributed by atoms with Crippen LogP contribution < -0.4 is 11.1 Å². The summed E-state index contributed by atoms with van der Waals surface area (Å²) in [6.07, 6.45) is 0.